The van der Waals surface area contributed by atoms with Gasteiger partial charge in [0.05, 0.1) is 0 Å². The topological polar surface area (TPSA) is 12.0 Å². The van der Waals surface area contributed by atoms with E-state index in [1.807, 2.05) is 0 Å². The van der Waals surface area contributed by atoms with Crippen LogP contribution in [0, 0.1) is 5.92 Å². The average Bonchev–Trinajstić information content (AvgIpc) is 2.52. The van der Waals surface area contributed by atoms with Crippen LogP contribution >= 0.6 is 31.9 Å². The number of nitrogens with one attached hydrogen (secondary N) is 1. The van der Waals surface area contributed by atoms with Crippen LogP contribution in [0.25, 0.3) is 0 Å². The minimum absolute atomic E-state index is 0.635. The summed E-state index contributed by atoms with van der Waals surface area (Å²) in [6.45, 7) is 2.22. The molecule has 1 heterocycles. The molecule has 0 radical (unpaired) electrons. The van der Waals surface area contributed by atoms with Crippen molar-refractivity contribution in [2.45, 2.75) is 18.8 Å². The molecular formula is C18H19Br2N. The van der Waals surface area contributed by atoms with Gasteiger partial charge >= 0.3 is 0 Å². The molecule has 0 aromatic heterocycles. The minimum Gasteiger partial charge on any atom is -0.316 e. The summed E-state index contributed by atoms with van der Waals surface area (Å²) in [4.78, 5) is 0. The van der Waals surface area contributed by atoms with Crippen LogP contribution in [0.5, 0.6) is 0 Å². The maximum absolute atomic E-state index is 3.64. The van der Waals surface area contributed by atoms with E-state index in [9.17, 15) is 0 Å². The molecule has 0 amide bonds. The molecule has 2 aromatic rings. The molecule has 1 saturated heterocycles. The Kier molecular flexibility index (Phi) is 5.15. The lowest BCUT2D eigenvalue weighted by Gasteiger charge is -2.33. The van der Waals surface area contributed by atoms with Gasteiger partial charge in [0.2, 0.25) is 0 Å². The van der Waals surface area contributed by atoms with Crippen molar-refractivity contribution in [2.24, 2.45) is 5.92 Å². The first-order valence-electron chi connectivity index (χ1n) is 7.43. The van der Waals surface area contributed by atoms with Gasteiger partial charge in [-0.05, 0) is 92.9 Å². The van der Waals surface area contributed by atoms with Crippen LogP contribution in [0.3, 0.4) is 0 Å². The molecule has 0 spiro atoms. The number of rotatable bonds is 3. The summed E-state index contributed by atoms with van der Waals surface area (Å²) in [5, 5.41) is 3.56. The van der Waals surface area contributed by atoms with Gasteiger partial charge in [-0.2, -0.15) is 0 Å². The SMILES string of the molecule is Brc1ccc(C2CCNCC2Cc2ccccc2)cc1Br. The fraction of sp³-hybridized carbons (Fsp3) is 0.333. The molecule has 2 aromatic carbocycles. The maximum atomic E-state index is 3.64. The third-order valence-electron chi connectivity index (χ3n) is 4.32. The predicted molar refractivity (Wildman–Crippen MR) is 95.7 cm³/mol. The van der Waals surface area contributed by atoms with Crippen molar-refractivity contribution in [3.8, 4) is 0 Å². The smallest absolute Gasteiger partial charge is 0.0320 e. The summed E-state index contributed by atoms with van der Waals surface area (Å²) < 4.78 is 2.27. The van der Waals surface area contributed by atoms with Gasteiger partial charge in [-0.15, -0.1) is 0 Å². The zero-order valence-corrected chi connectivity index (χ0v) is 15.0. The second-order valence-corrected chi connectivity index (χ2v) is 7.43. The second kappa shape index (κ2) is 7.08. The summed E-state index contributed by atoms with van der Waals surface area (Å²) in [5.41, 5.74) is 2.89. The molecule has 1 fully saturated rings. The highest BCUT2D eigenvalue weighted by Crippen LogP contribution is 2.35. The van der Waals surface area contributed by atoms with Gasteiger partial charge < -0.3 is 5.32 Å². The Hall–Kier alpha value is -0.640. The van der Waals surface area contributed by atoms with E-state index in [0.717, 1.165) is 28.5 Å². The fourth-order valence-corrected chi connectivity index (χ4v) is 3.88. The van der Waals surface area contributed by atoms with Crippen LogP contribution in [0.1, 0.15) is 23.5 Å². The van der Waals surface area contributed by atoms with E-state index in [2.05, 4.69) is 85.7 Å². The van der Waals surface area contributed by atoms with Gasteiger partial charge in [0, 0.05) is 8.95 Å². The third-order valence-corrected chi connectivity index (χ3v) is 6.20. The Labute approximate surface area is 143 Å². The molecule has 0 bridgehead atoms. The van der Waals surface area contributed by atoms with E-state index in [-0.39, 0.29) is 0 Å². The Morgan fingerprint density at radius 3 is 2.57 bits per heavy atom. The molecule has 1 aliphatic heterocycles. The third kappa shape index (κ3) is 3.77. The number of benzene rings is 2. The monoisotopic (exact) mass is 407 g/mol. The molecule has 0 saturated carbocycles. The largest absolute Gasteiger partial charge is 0.316 e. The van der Waals surface area contributed by atoms with Crippen LogP contribution in [0.4, 0.5) is 0 Å². The first kappa shape index (κ1) is 15.3. The first-order valence-corrected chi connectivity index (χ1v) is 9.02. The summed E-state index contributed by atoms with van der Waals surface area (Å²) >= 11 is 7.20. The molecule has 1 N–H and O–H groups in total. The highest BCUT2D eigenvalue weighted by molar-refractivity contribution is 9.13. The van der Waals surface area contributed by atoms with E-state index < -0.39 is 0 Å². The van der Waals surface area contributed by atoms with Crippen molar-refractivity contribution in [3.05, 3.63) is 68.6 Å². The van der Waals surface area contributed by atoms with Crippen molar-refractivity contribution in [1.29, 1.82) is 0 Å². The second-order valence-electron chi connectivity index (χ2n) is 5.72. The molecular weight excluding hydrogens is 390 g/mol. The molecule has 3 heteroatoms. The molecule has 110 valence electrons. The van der Waals surface area contributed by atoms with E-state index in [1.54, 1.807) is 0 Å². The fourth-order valence-electron chi connectivity index (χ4n) is 3.24. The first-order chi connectivity index (χ1) is 10.2. The standard InChI is InChI=1S/C18H19Br2N/c19-17-7-6-14(11-18(17)20)16-8-9-21-12-15(16)10-13-4-2-1-3-5-13/h1-7,11,15-16,21H,8-10,12H2. The van der Waals surface area contributed by atoms with Gasteiger partial charge in [-0.3, -0.25) is 0 Å². The highest BCUT2D eigenvalue weighted by Gasteiger charge is 2.26. The molecule has 0 aliphatic carbocycles. The lowest BCUT2D eigenvalue weighted by molar-refractivity contribution is 0.324. The van der Waals surface area contributed by atoms with E-state index in [4.69, 9.17) is 0 Å². The summed E-state index contributed by atoms with van der Waals surface area (Å²) in [7, 11) is 0. The van der Waals surface area contributed by atoms with Gasteiger partial charge in [0.1, 0.15) is 0 Å². The Morgan fingerprint density at radius 2 is 1.81 bits per heavy atom. The molecule has 2 atom stereocenters. The molecule has 3 rings (SSSR count). The van der Waals surface area contributed by atoms with Crippen LogP contribution in [0.15, 0.2) is 57.5 Å². The van der Waals surface area contributed by atoms with Crippen LogP contribution in [0.2, 0.25) is 0 Å². The summed E-state index contributed by atoms with van der Waals surface area (Å²) in [6.07, 6.45) is 2.36. The van der Waals surface area contributed by atoms with Gasteiger partial charge in [-0.25, -0.2) is 0 Å². The van der Waals surface area contributed by atoms with Crippen molar-refractivity contribution >= 4 is 31.9 Å². The molecule has 1 nitrogen and oxygen atoms in total. The lowest BCUT2D eigenvalue weighted by atomic mass is 9.78. The Bertz CT molecular complexity index is 597. The lowest BCUT2D eigenvalue weighted by Crippen LogP contribution is -2.36. The predicted octanol–water partition coefficient (Wildman–Crippen LogP) is 5.15. The van der Waals surface area contributed by atoms with E-state index in [0.29, 0.717) is 11.8 Å². The quantitative estimate of drug-likeness (QED) is 0.740. The van der Waals surface area contributed by atoms with Crippen LogP contribution < -0.4 is 5.32 Å². The zero-order valence-electron chi connectivity index (χ0n) is 11.9. The molecule has 21 heavy (non-hydrogen) atoms. The van der Waals surface area contributed by atoms with E-state index in [1.165, 1.54) is 17.5 Å². The maximum Gasteiger partial charge on any atom is 0.0320 e. The minimum atomic E-state index is 0.635. The van der Waals surface area contributed by atoms with E-state index >= 15 is 0 Å². The molecule has 2 unspecified atom stereocenters. The van der Waals surface area contributed by atoms with Crippen molar-refractivity contribution < 1.29 is 0 Å². The highest BCUT2D eigenvalue weighted by atomic mass is 79.9. The number of piperidine rings is 1. The number of hydrogen-bond acceptors (Lipinski definition) is 1. The summed E-state index contributed by atoms with van der Waals surface area (Å²) in [5.74, 6) is 1.30. The summed E-state index contributed by atoms with van der Waals surface area (Å²) in [6, 6.07) is 17.5. The Balaban J connectivity index is 1.82. The van der Waals surface area contributed by atoms with Crippen LogP contribution in [-0.4, -0.2) is 13.1 Å². The normalized spacial score (nSPS) is 22.2. The van der Waals surface area contributed by atoms with Crippen LogP contribution in [-0.2, 0) is 6.42 Å². The van der Waals surface area contributed by atoms with Gasteiger partial charge in [0.25, 0.3) is 0 Å². The number of hydrogen-bond donors (Lipinski definition) is 1. The average molecular weight is 409 g/mol. The van der Waals surface area contributed by atoms with Crippen molar-refractivity contribution in [3.63, 3.8) is 0 Å². The van der Waals surface area contributed by atoms with Crippen molar-refractivity contribution in [2.75, 3.05) is 13.1 Å². The molecule has 1 aliphatic rings. The van der Waals surface area contributed by atoms with Crippen molar-refractivity contribution in [1.82, 2.24) is 5.32 Å². The van der Waals surface area contributed by atoms with Gasteiger partial charge in [0.15, 0.2) is 0 Å². The number of halogens is 2. The van der Waals surface area contributed by atoms with Gasteiger partial charge in [-0.1, -0.05) is 36.4 Å². The zero-order chi connectivity index (χ0) is 14.7. The Morgan fingerprint density at radius 1 is 1.00 bits per heavy atom.